The summed E-state index contributed by atoms with van der Waals surface area (Å²) in [5.41, 5.74) is 4.20. The number of allylic oxidation sites excluding steroid dienone is 1. The molecule has 1 fully saturated rings. The Kier molecular flexibility index (Phi) is 5.33. The van der Waals surface area contributed by atoms with Crippen molar-refractivity contribution in [2.75, 3.05) is 6.61 Å². The number of carboxylic acids is 1. The molecule has 25 heavy (non-hydrogen) atoms. The molecule has 2 N–H and O–H groups in total. The zero-order chi connectivity index (χ0) is 17.8. The van der Waals surface area contributed by atoms with Crippen molar-refractivity contribution in [2.45, 2.75) is 25.8 Å². The number of carbonyl (C=O) groups excluding carboxylic acids is 1. The maximum atomic E-state index is 10.6. The summed E-state index contributed by atoms with van der Waals surface area (Å²) in [7, 11) is 0. The van der Waals surface area contributed by atoms with Gasteiger partial charge in [-0.2, -0.15) is 5.10 Å². The van der Waals surface area contributed by atoms with Crippen LogP contribution >= 0.6 is 12.2 Å². The number of thiocarbonyl (C=S) groups is 1. The first-order chi connectivity index (χ1) is 12.0. The van der Waals surface area contributed by atoms with E-state index in [-0.39, 0.29) is 0 Å². The first-order valence-corrected chi connectivity index (χ1v) is 8.65. The summed E-state index contributed by atoms with van der Waals surface area (Å²) < 4.78 is 5.24. The Hall–Kier alpha value is -2.41. The molecule has 2 bridgehead atoms. The van der Waals surface area contributed by atoms with E-state index in [0.717, 1.165) is 6.42 Å². The Morgan fingerprint density at radius 3 is 2.84 bits per heavy atom. The molecule has 6 nitrogen and oxygen atoms in total. The first-order valence-electron chi connectivity index (χ1n) is 8.24. The molecular weight excluding hydrogens is 338 g/mol. The molecule has 2 aliphatic carbocycles. The van der Waals surface area contributed by atoms with E-state index in [0.29, 0.717) is 40.0 Å². The quantitative estimate of drug-likeness (QED) is 0.341. The molecule has 3 atom stereocenters. The molecule has 0 heterocycles. The predicted octanol–water partition coefficient (Wildman–Crippen LogP) is 0.968. The molecule has 0 aliphatic heterocycles. The largest absolute Gasteiger partial charge is 0.546 e. The van der Waals surface area contributed by atoms with E-state index < -0.39 is 12.6 Å². The second-order valence-electron chi connectivity index (χ2n) is 6.33. The molecule has 1 aromatic carbocycles. The first kappa shape index (κ1) is 17.4. The van der Waals surface area contributed by atoms with Crippen molar-refractivity contribution in [3.63, 3.8) is 0 Å². The number of nitrogens with one attached hydrogen (secondary N) is 2. The fourth-order valence-electron chi connectivity index (χ4n) is 3.37. The van der Waals surface area contributed by atoms with Gasteiger partial charge in [-0.15, -0.1) is 0 Å². The second kappa shape index (κ2) is 7.65. The van der Waals surface area contributed by atoms with Crippen LogP contribution < -0.4 is 20.6 Å². The summed E-state index contributed by atoms with van der Waals surface area (Å²) in [6.45, 7) is 1.30. The van der Waals surface area contributed by atoms with Crippen LogP contribution in [-0.4, -0.2) is 29.4 Å². The Bertz CT molecular complexity index is 732. The number of benzene rings is 1. The monoisotopic (exact) mass is 358 g/mol. The Morgan fingerprint density at radius 2 is 2.16 bits per heavy atom. The molecule has 0 aromatic heterocycles. The van der Waals surface area contributed by atoms with E-state index in [1.165, 1.54) is 6.42 Å². The fourth-order valence-corrected chi connectivity index (χ4v) is 3.57. The van der Waals surface area contributed by atoms with Crippen LogP contribution in [0.4, 0.5) is 0 Å². The lowest BCUT2D eigenvalue weighted by atomic mass is 10.0. The van der Waals surface area contributed by atoms with Crippen LogP contribution in [0, 0.1) is 11.8 Å². The number of fused-ring (bicyclic) bond motifs is 2. The SMILES string of the molecule is CC(=NNC(=S)N[C@@H]1C[C@@H]2C=C[C@H]1C2)c1ccccc1OCC(=O)[O-]. The van der Waals surface area contributed by atoms with E-state index in [2.05, 4.69) is 28.0 Å². The number of hydrogen-bond acceptors (Lipinski definition) is 5. The van der Waals surface area contributed by atoms with Crippen LogP contribution in [0.1, 0.15) is 25.3 Å². The normalized spacial score (nSPS) is 24.2. The van der Waals surface area contributed by atoms with Crippen molar-refractivity contribution in [1.29, 1.82) is 0 Å². The molecule has 3 rings (SSSR count). The third-order valence-electron chi connectivity index (χ3n) is 4.54. The van der Waals surface area contributed by atoms with Gasteiger partial charge in [0.2, 0.25) is 0 Å². The van der Waals surface area contributed by atoms with E-state index in [1.807, 2.05) is 12.1 Å². The van der Waals surface area contributed by atoms with Crippen molar-refractivity contribution < 1.29 is 14.6 Å². The molecule has 7 heteroatoms. The number of aliphatic carboxylic acids is 1. The lowest BCUT2D eigenvalue weighted by molar-refractivity contribution is -0.307. The van der Waals surface area contributed by atoms with Crippen LogP contribution in [0.5, 0.6) is 5.75 Å². The molecule has 132 valence electrons. The number of hydrazone groups is 1. The van der Waals surface area contributed by atoms with Gasteiger partial charge >= 0.3 is 0 Å². The standard InChI is InChI=1S/C18H21N3O3S/c1-11(14-4-2-3-5-16(14)24-10-17(22)23)20-21-18(25)19-15-9-12-6-7-13(15)8-12/h2-7,12-13,15H,8-10H2,1H3,(H,22,23)(H2,19,21,25)/p-1/t12-,13+,15-/m1/s1. The highest BCUT2D eigenvalue weighted by molar-refractivity contribution is 7.80. The van der Waals surface area contributed by atoms with Crippen LogP contribution in [0.2, 0.25) is 0 Å². The Balaban J connectivity index is 1.58. The summed E-state index contributed by atoms with van der Waals surface area (Å²) in [6, 6.07) is 7.46. The van der Waals surface area contributed by atoms with Crippen molar-refractivity contribution in [2.24, 2.45) is 16.9 Å². The minimum atomic E-state index is -1.27. The predicted molar refractivity (Wildman–Crippen MR) is 97.2 cm³/mol. The maximum absolute atomic E-state index is 10.6. The number of carbonyl (C=O) groups is 1. The number of hydrogen-bond donors (Lipinski definition) is 2. The average molecular weight is 358 g/mol. The second-order valence-corrected chi connectivity index (χ2v) is 6.73. The van der Waals surface area contributed by atoms with E-state index in [1.54, 1.807) is 19.1 Å². The summed E-state index contributed by atoms with van der Waals surface area (Å²) >= 11 is 5.32. The summed E-state index contributed by atoms with van der Waals surface area (Å²) in [5.74, 6) is 0.386. The molecule has 0 amide bonds. The lowest BCUT2D eigenvalue weighted by Crippen LogP contribution is -2.42. The van der Waals surface area contributed by atoms with Gasteiger partial charge in [0.05, 0.1) is 11.7 Å². The zero-order valence-corrected chi connectivity index (χ0v) is 14.7. The topological polar surface area (TPSA) is 85.8 Å². The van der Waals surface area contributed by atoms with Gasteiger partial charge in [0.25, 0.3) is 0 Å². The molecule has 1 aromatic rings. The van der Waals surface area contributed by atoms with Gasteiger partial charge in [-0.05, 0) is 56.0 Å². The molecule has 0 unspecified atom stereocenters. The Morgan fingerprint density at radius 1 is 1.36 bits per heavy atom. The smallest absolute Gasteiger partial charge is 0.187 e. The third kappa shape index (κ3) is 4.36. The van der Waals surface area contributed by atoms with Gasteiger partial charge in [0.15, 0.2) is 5.11 Å². The number of ether oxygens (including phenoxy) is 1. The minimum Gasteiger partial charge on any atom is -0.546 e. The van der Waals surface area contributed by atoms with Crippen LogP contribution in [-0.2, 0) is 4.79 Å². The molecule has 0 spiro atoms. The number of rotatable bonds is 6. The summed E-state index contributed by atoms with van der Waals surface area (Å²) in [4.78, 5) is 10.6. The molecule has 0 saturated heterocycles. The maximum Gasteiger partial charge on any atom is 0.187 e. The van der Waals surface area contributed by atoms with Crippen molar-refractivity contribution in [3.8, 4) is 5.75 Å². The average Bonchev–Trinajstić information content (AvgIpc) is 3.21. The van der Waals surface area contributed by atoms with Gasteiger partial charge in [0.1, 0.15) is 12.4 Å². The van der Waals surface area contributed by atoms with Gasteiger partial charge in [-0.3, -0.25) is 5.43 Å². The van der Waals surface area contributed by atoms with Gasteiger partial charge in [-0.25, -0.2) is 0 Å². The van der Waals surface area contributed by atoms with Crippen molar-refractivity contribution in [3.05, 3.63) is 42.0 Å². The molecular formula is C18H20N3O3S-. The van der Waals surface area contributed by atoms with Crippen molar-refractivity contribution >= 4 is 29.0 Å². The third-order valence-corrected chi connectivity index (χ3v) is 4.75. The fraction of sp³-hybridized carbons (Fsp3) is 0.389. The van der Waals surface area contributed by atoms with Crippen LogP contribution in [0.3, 0.4) is 0 Å². The van der Waals surface area contributed by atoms with E-state index in [9.17, 15) is 9.90 Å². The number of carboxylic acid groups (broad SMARTS) is 1. The van der Waals surface area contributed by atoms with E-state index in [4.69, 9.17) is 17.0 Å². The lowest BCUT2D eigenvalue weighted by Gasteiger charge is -2.21. The zero-order valence-electron chi connectivity index (χ0n) is 13.9. The van der Waals surface area contributed by atoms with Gasteiger partial charge in [0, 0.05) is 11.6 Å². The van der Waals surface area contributed by atoms with Gasteiger partial charge < -0.3 is 20.0 Å². The minimum absolute atomic E-state index is 0.365. The van der Waals surface area contributed by atoms with Crippen LogP contribution in [0.25, 0.3) is 0 Å². The van der Waals surface area contributed by atoms with Crippen LogP contribution in [0.15, 0.2) is 41.5 Å². The molecule has 1 saturated carbocycles. The highest BCUT2D eigenvalue weighted by Gasteiger charge is 2.35. The summed E-state index contributed by atoms with van der Waals surface area (Å²) in [5, 5.41) is 18.7. The molecule has 0 radical (unpaired) electrons. The van der Waals surface area contributed by atoms with Gasteiger partial charge in [-0.1, -0.05) is 24.3 Å². The highest BCUT2D eigenvalue weighted by Crippen LogP contribution is 2.38. The number of para-hydroxylation sites is 1. The van der Waals surface area contributed by atoms with E-state index >= 15 is 0 Å². The summed E-state index contributed by atoms with van der Waals surface area (Å²) in [6.07, 6.45) is 6.84. The van der Waals surface area contributed by atoms with Crippen molar-refractivity contribution in [1.82, 2.24) is 10.7 Å². The number of nitrogens with zero attached hydrogens (tertiary/aromatic N) is 1. The highest BCUT2D eigenvalue weighted by atomic mass is 32.1. The Labute approximate surface area is 152 Å². The molecule has 2 aliphatic rings.